The van der Waals surface area contributed by atoms with E-state index >= 15 is 0 Å². The molecule has 2 N–H and O–H groups in total. The maximum absolute atomic E-state index is 12.4. The van der Waals surface area contributed by atoms with Gasteiger partial charge in [-0.1, -0.05) is 41.4 Å². The summed E-state index contributed by atoms with van der Waals surface area (Å²) in [6, 6.07) is 11.3. The highest BCUT2D eigenvalue weighted by Gasteiger charge is 2.19. The van der Waals surface area contributed by atoms with E-state index in [0.717, 1.165) is 5.56 Å². The van der Waals surface area contributed by atoms with Gasteiger partial charge < -0.3 is 20.1 Å². The standard InChI is InChI=1S/C21H24Cl2N2O4/c1-3-28-10-11-29-13-15-6-4-7-16(12-15)25-20(26)14(2)24-21(27)17-8-5-9-18(22)19(17)23/h4-9,12,14H,3,10-11,13H2,1-2H3,(H,24,27)(H,25,26). The van der Waals surface area contributed by atoms with Crippen LogP contribution in [0.25, 0.3) is 0 Å². The molecule has 2 rings (SSSR count). The van der Waals surface area contributed by atoms with Crippen LogP contribution >= 0.6 is 23.2 Å². The highest BCUT2D eigenvalue weighted by molar-refractivity contribution is 6.43. The van der Waals surface area contributed by atoms with Gasteiger partial charge in [0, 0.05) is 12.3 Å². The molecular formula is C21H24Cl2N2O4. The molecule has 0 spiro atoms. The van der Waals surface area contributed by atoms with Crippen LogP contribution in [0.1, 0.15) is 29.8 Å². The van der Waals surface area contributed by atoms with Crippen molar-refractivity contribution >= 4 is 40.7 Å². The number of hydrogen-bond acceptors (Lipinski definition) is 4. The smallest absolute Gasteiger partial charge is 0.253 e. The molecule has 0 bridgehead atoms. The van der Waals surface area contributed by atoms with Crippen LogP contribution in [-0.2, 0) is 20.9 Å². The number of halogens is 2. The zero-order valence-corrected chi connectivity index (χ0v) is 17.8. The molecule has 0 aliphatic rings. The van der Waals surface area contributed by atoms with Crippen molar-refractivity contribution in [1.29, 1.82) is 0 Å². The minimum atomic E-state index is -0.774. The maximum atomic E-state index is 12.4. The SMILES string of the molecule is CCOCCOCc1cccc(NC(=O)C(C)NC(=O)c2cccc(Cl)c2Cl)c1. The molecule has 0 aromatic heterocycles. The van der Waals surface area contributed by atoms with Crippen LogP contribution in [0, 0.1) is 0 Å². The average molecular weight is 439 g/mol. The maximum Gasteiger partial charge on any atom is 0.253 e. The topological polar surface area (TPSA) is 76.7 Å². The fourth-order valence-corrected chi connectivity index (χ4v) is 2.85. The lowest BCUT2D eigenvalue weighted by Gasteiger charge is -2.15. The third-order valence-electron chi connectivity index (χ3n) is 3.98. The third-order valence-corrected chi connectivity index (χ3v) is 4.80. The molecule has 1 unspecified atom stereocenters. The number of anilines is 1. The van der Waals surface area contributed by atoms with Crippen LogP contribution in [0.2, 0.25) is 10.0 Å². The average Bonchev–Trinajstić information content (AvgIpc) is 2.70. The number of rotatable bonds is 10. The predicted octanol–water partition coefficient (Wildman–Crippen LogP) is 4.30. The Morgan fingerprint density at radius 3 is 2.55 bits per heavy atom. The van der Waals surface area contributed by atoms with Gasteiger partial charge in [-0.15, -0.1) is 0 Å². The lowest BCUT2D eigenvalue weighted by Crippen LogP contribution is -2.41. The van der Waals surface area contributed by atoms with E-state index < -0.39 is 11.9 Å². The summed E-state index contributed by atoms with van der Waals surface area (Å²) in [6.07, 6.45) is 0. The van der Waals surface area contributed by atoms with Crippen molar-refractivity contribution < 1.29 is 19.1 Å². The summed E-state index contributed by atoms with van der Waals surface area (Å²) in [7, 11) is 0. The van der Waals surface area contributed by atoms with Crippen molar-refractivity contribution in [1.82, 2.24) is 5.32 Å². The Morgan fingerprint density at radius 1 is 1.07 bits per heavy atom. The molecule has 0 heterocycles. The predicted molar refractivity (Wildman–Crippen MR) is 115 cm³/mol. The summed E-state index contributed by atoms with van der Waals surface area (Å²) >= 11 is 12.0. The Morgan fingerprint density at radius 2 is 1.79 bits per heavy atom. The van der Waals surface area contributed by atoms with E-state index in [1.807, 2.05) is 25.1 Å². The summed E-state index contributed by atoms with van der Waals surface area (Å²) < 4.78 is 10.8. The molecule has 1 atom stereocenters. The number of amides is 2. The Bertz CT molecular complexity index is 845. The molecule has 0 fully saturated rings. The first-order valence-corrected chi connectivity index (χ1v) is 9.98. The van der Waals surface area contributed by atoms with Crippen molar-refractivity contribution in [3.8, 4) is 0 Å². The Hall–Kier alpha value is -2.12. The lowest BCUT2D eigenvalue weighted by molar-refractivity contribution is -0.117. The van der Waals surface area contributed by atoms with Crippen LogP contribution in [0.5, 0.6) is 0 Å². The Kier molecular flexibility index (Phi) is 9.41. The zero-order valence-electron chi connectivity index (χ0n) is 16.3. The largest absolute Gasteiger partial charge is 0.379 e. The van der Waals surface area contributed by atoms with Crippen molar-refractivity contribution in [2.24, 2.45) is 0 Å². The Labute approximate surface area is 180 Å². The molecule has 0 radical (unpaired) electrons. The number of carbonyl (C=O) groups is 2. The molecule has 2 amide bonds. The first-order chi connectivity index (χ1) is 13.9. The number of carbonyl (C=O) groups excluding carboxylic acids is 2. The van der Waals surface area contributed by atoms with Crippen molar-refractivity contribution in [2.75, 3.05) is 25.1 Å². The summed E-state index contributed by atoms with van der Waals surface area (Å²) in [4.78, 5) is 24.8. The third kappa shape index (κ3) is 7.33. The van der Waals surface area contributed by atoms with E-state index in [-0.39, 0.29) is 21.5 Å². The highest BCUT2D eigenvalue weighted by atomic mass is 35.5. The van der Waals surface area contributed by atoms with Crippen LogP contribution in [0.15, 0.2) is 42.5 Å². The molecule has 0 saturated carbocycles. The molecule has 0 aliphatic heterocycles. The van der Waals surface area contributed by atoms with Crippen molar-refractivity contribution in [3.63, 3.8) is 0 Å². The fourth-order valence-electron chi connectivity index (χ4n) is 2.46. The van der Waals surface area contributed by atoms with E-state index in [0.29, 0.717) is 32.1 Å². The first-order valence-electron chi connectivity index (χ1n) is 9.22. The monoisotopic (exact) mass is 438 g/mol. The van der Waals surface area contributed by atoms with E-state index in [2.05, 4.69) is 10.6 Å². The molecule has 0 aliphatic carbocycles. The second kappa shape index (κ2) is 11.8. The molecule has 29 heavy (non-hydrogen) atoms. The van der Waals surface area contributed by atoms with Gasteiger partial charge in [-0.2, -0.15) is 0 Å². The molecule has 2 aromatic carbocycles. The molecule has 8 heteroatoms. The zero-order chi connectivity index (χ0) is 21.2. The lowest BCUT2D eigenvalue weighted by atomic mass is 10.2. The van der Waals surface area contributed by atoms with Gasteiger partial charge in [0.2, 0.25) is 5.91 Å². The van der Waals surface area contributed by atoms with Crippen LogP contribution in [0.4, 0.5) is 5.69 Å². The molecule has 6 nitrogen and oxygen atoms in total. The first kappa shape index (κ1) is 23.2. The van der Waals surface area contributed by atoms with E-state index in [1.165, 1.54) is 0 Å². The van der Waals surface area contributed by atoms with E-state index in [1.54, 1.807) is 31.2 Å². The minimum absolute atomic E-state index is 0.149. The fraction of sp³-hybridized carbons (Fsp3) is 0.333. The second-order valence-electron chi connectivity index (χ2n) is 6.24. The van der Waals surface area contributed by atoms with Crippen LogP contribution in [0.3, 0.4) is 0 Å². The van der Waals surface area contributed by atoms with Crippen LogP contribution < -0.4 is 10.6 Å². The van der Waals surface area contributed by atoms with Gasteiger partial charge in [-0.05, 0) is 43.7 Å². The number of ether oxygens (including phenoxy) is 2. The molecule has 0 saturated heterocycles. The Balaban J connectivity index is 1.89. The summed E-state index contributed by atoms with van der Waals surface area (Å²) in [5, 5.41) is 5.83. The van der Waals surface area contributed by atoms with Gasteiger partial charge in [0.25, 0.3) is 5.91 Å². The summed E-state index contributed by atoms with van der Waals surface area (Å²) in [6.45, 7) is 5.63. The molecule has 156 valence electrons. The van der Waals surface area contributed by atoms with Crippen LogP contribution in [-0.4, -0.2) is 37.7 Å². The van der Waals surface area contributed by atoms with Crippen molar-refractivity contribution in [2.45, 2.75) is 26.5 Å². The summed E-state index contributed by atoms with van der Waals surface area (Å²) in [5.74, 6) is -0.831. The summed E-state index contributed by atoms with van der Waals surface area (Å²) in [5.41, 5.74) is 1.74. The quantitative estimate of drug-likeness (QED) is 0.542. The van der Waals surface area contributed by atoms with Gasteiger partial charge in [0.15, 0.2) is 0 Å². The number of benzene rings is 2. The highest BCUT2D eigenvalue weighted by Crippen LogP contribution is 2.25. The van der Waals surface area contributed by atoms with Gasteiger partial charge in [0.1, 0.15) is 6.04 Å². The molecule has 2 aromatic rings. The van der Waals surface area contributed by atoms with E-state index in [9.17, 15) is 9.59 Å². The number of nitrogens with one attached hydrogen (secondary N) is 2. The van der Waals surface area contributed by atoms with Gasteiger partial charge in [-0.25, -0.2) is 0 Å². The second-order valence-corrected chi connectivity index (χ2v) is 7.02. The van der Waals surface area contributed by atoms with E-state index in [4.69, 9.17) is 32.7 Å². The minimum Gasteiger partial charge on any atom is -0.379 e. The van der Waals surface area contributed by atoms with Gasteiger partial charge >= 0.3 is 0 Å². The van der Waals surface area contributed by atoms with Crippen molar-refractivity contribution in [3.05, 3.63) is 63.6 Å². The normalized spacial score (nSPS) is 11.7. The van der Waals surface area contributed by atoms with Gasteiger partial charge in [0.05, 0.1) is 35.4 Å². The van der Waals surface area contributed by atoms with Gasteiger partial charge in [-0.3, -0.25) is 9.59 Å². The number of hydrogen-bond donors (Lipinski definition) is 2. The molecular weight excluding hydrogens is 415 g/mol.